The Bertz CT molecular complexity index is 662. The largest absolute Gasteiger partial charge is 0.466 e. The average molecular weight is 299 g/mol. The van der Waals surface area contributed by atoms with Gasteiger partial charge in [-0.05, 0) is 32.0 Å². The third kappa shape index (κ3) is 3.69. The molecular weight excluding hydrogens is 282 g/mol. The molecule has 2 rings (SSSR count). The van der Waals surface area contributed by atoms with E-state index in [2.05, 4.69) is 4.98 Å². The van der Waals surface area contributed by atoms with E-state index in [1.54, 1.807) is 30.5 Å². The van der Waals surface area contributed by atoms with E-state index in [1.807, 2.05) is 19.9 Å². The van der Waals surface area contributed by atoms with E-state index in [-0.39, 0.29) is 0 Å². The van der Waals surface area contributed by atoms with Crippen LogP contribution in [0.4, 0.5) is 0 Å². The maximum absolute atomic E-state index is 12.3. The third-order valence-electron chi connectivity index (χ3n) is 3.08. The van der Waals surface area contributed by atoms with Crippen molar-refractivity contribution in [2.45, 2.75) is 20.0 Å². The minimum absolute atomic E-state index is 0.398. The molecule has 0 fully saturated rings. The molecule has 0 radical (unpaired) electrons. The SMILES string of the molecule is COC(=O)[C@H](OC(=O)c1cc(C)cc(C)c1)c1cccnc1. The van der Waals surface area contributed by atoms with Crippen LogP contribution in [-0.2, 0) is 14.3 Å². The number of hydrogen-bond donors (Lipinski definition) is 0. The molecule has 0 bridgehead atoms. The maximum Gasteiger partial charge on any atom is 0.352 e. The Hall–Kier alpha value is -2.69. The van der Waals surface area contributed by atoms with Crippen molar-refractivity contribution in [2.75, 3.05) is 7.11 Å². The molecule has 0 aliphatic heterocycles. The zero-order valence-electron chi connectivity index (χ0n) is 12.7. The molecule has 0 unspecified atom stereocenters. The van der Waals surface area contributed by atoms with Gasteiger partial charge in [0.25, 0.3) is 0 Å². The number of carbonyl (C=O) groups excluding carboxylic acids is 2. The van der Waals surface area contributed by atoms with Crippen molar-refractivity contribution in [3.8, 4) is 0 Å². The monoisotopic (exact) mass is 299 g/mol. The van der Waals surface area contributed by atoms with Crippen molar-refractivity contribution in [3.05, 3.63) is 65.0 Å². The number of esters is 2. The van der Waals surface area contributed by atoms with Gasteiger partial charge >= 0.3 is 11.9 Å². The summed E-state index contributed by atoms with van der Waals surface area (Å²) >= 11 is 0. The number of ether oxygens (including phenoxy) is 2. The Labute approximate surface area is 128 Å². The Balaban J connectivity index is 2.27. The van der Waals surface area contributed by atoms with Crippen LogP contribution in [0.5, 0.6) is 0 Å². The van der Waals surface area contributed by atoms with Gasteiger partial charge in [0, 0.05) is 18.0 Å². The highest BCUT2D eigenvalue weighted by Crippen LogP contribution is 2.21. The van der Waals surface area contributed by atoms with Crippen molar-refractivity contribution >= 4 is 11.9 Å². The summed E-state index contributed by atoms with van der Waals surface area (Å²) in [5.74, 6) is -1.23. The number of methoxy groups -OCH3 is 1. The number of pyridine rings is 1. The van der Waals surface area contributed by atoms with Gasteiger partial charge in [0.2, 0.25) is 6.10 Å². The Kier molecular flexibility index (Phi) is 4.88. The third-order valence-corrected chi connectivity index (χ3v) is 3.08. The van der Waals surface area contributed by atoms with Crippen LogP contribution < -0.4 is 0 Å². The molecule has 1 aromatic carbocycles. The van der Waals surface area contributed by atoms with Crippen molar-refractivity contribution in [2.24, 2.45) is 0 Å². The van der Waals surface area contributed by atoms with E-state index in [1.165, 1.54) is 13.3 Å². The molecule has 1 heterocycles. The molecule has 1 atom stereocenters. The molecule has 0 saturated heterocycles. The van der Waals surface area contributed by atoms with E-state index in [4.69, 9.17) is 9.47 Å². The zero-order valence-corrected chi connectivity index (χ0v) is 12.7. The summed E-state index contributed by atoms with van der Waals surface area (Å²) in [5.41, 5.74) is 2.76. The number of aryl methyl sites for hydroxylation is 2. The second-order valence-electron chi connectivity index (χ2n) is 4.97. The smallest absolute Gasteiger partial charge is 0.352 e. The molecule has 0 N–H and O–H groups in total. The highest BCUT2D eigenvalue weighted by atomic mass is 16.6. The average Bonchev–Trinajstić information content (AvgIpc) is 2.51. The fourth-order valence-corrected chi connectivity index (χ4v) is 2.16. The van der Waals surface area contributed by atoms with Gasteiger partial charge in [0.05, 0.1) is 12.7 Å². The lowest BCUT2D eigenvalue weighted by Crippen LogP contribution is -2.21. The lowest BCUT2D eigenvalue weighted by molar-refractivity contribution is -0.151. The van der Waals surface area contributed by atoms with Gasteiger partial charge in [-0.15, -0.1) is 0 Å². The second-order valence-corrected chi connectivity index (χ2v) is 4.97. The summed E-state index contributed by atoms with van der Waals surface area (Å²) in [7, 11) is 1.25. The summed E-state index contributed by atoms with van der Waals surface area (Å²) in [5, 5.41) is 0. The minimum Gasteiger partial charge on any atom is -0.466 e. The van der Waals surface area contributed by atoms with Gasteiger partial charge in [0.1, 0.15) is 0 Å². The van der Waals surface area contributed by atoms with Gasteiger partial charge in [-0.1, -0.05) is 23.3 Å². The molecule has 5 heteroatoms. The van der Waals surface area contributed by atoms with E-state index in [0.29, 0.717) is 11.1 Å². The number of hydrogen-bond acceptors (Lipinski definition) is 5. The molecule has 0 aliphatic carbocycles. The fourth-order valence-electron chi connectivity index (χ4n) is 2.16. The highest BCUT2D eigenvalue weighted by Gasteiger charge is 2.26. The van der Waals surface area contributed by atoms with Crippen LogP contribution >= 0.6 is 0 Å². The van der Waals surface area contributed by atoms with Crippen LogP contribution in [0.25, 0.3) is 0 Å². The maximum atomic E-state index is 12.3. The second kappa shape index (κ2) is 6.85. The lowest BCUT2D eigenvalue weighted by atomic mass is 10.1. The van der Waals surface area contributed by atoms with Crippen molar-refractivity contribution in [1.82, 2.24) is 4.98 Å². The fraction of sp³-hybridized carbons (Fsp3) is 0.235. The molecule has 0 amide bonds. The number of aromatic nitrogens is 1. The quantitative estimate of drug-likeness (QED) is 0.812. The van der Waals surface area contributed by atoms with Crippen LogP contribution in [0, 0.1) is 13.8 Å². The molecule has 0 aliphatic rings. The van der Waals surface area contributed by atoms with Crippen LogP contribution in [0.2, 0.25) is 0 Å². The first-order valence-electron chi connectivity index (χ1n) is 6.78. The van der Waals surface area contributed by atoms with Crippen molar-refractivity contribution < 1.29 is 19.1 Å². The van der Waals surface area contributed by atoms with Gasteiger partial charge in [0.15, 0.2) is 0 Å². The van der Waals surface area contributed by atoms with Gasteiger partial charge in [-0.25, -0.2) is 9.59 Å². The van der Waals surface area contributed by atoms with E-state index in [9.17, 15) is 9.59 Å². The van der Waals surface area contributed by atoms with Crippen molar-refractivity contribution in [1.29, 1.82) is 0 Å². The molecule has 0 saturated carbocycles. The van der Waals surface area contributed by atoms with Crippen LogP contribution in [0.3, 0.4) is 0 Å². The highest BCUT2D eigenvalue weighted by molar-refractivity contribution is 5.92. The summed E-state index contributed by atoms with van der Waals surface area (Å²) in [6.07, 6.45) is 1.91. The molecule has 0 spiro atoms. The van der Waals surface area contributed by atoms with Gasteiger partial charge in [-0.2, -0.15) is 0 Å². The molecule has 1 aromatic heterocycles. The minimum atomic E-state index is -1.13. The first-order valence-corrected chi connectivity index (χ1v) is 6.78. The van der Waals surface area contributed by atoms with Gasteiger partial charge < -0.3 is 9.47 Å². The summed E-state index contributed by atoms with van der Waals surface area (Å²) in [6, 6.07) is 8.70. The molecular formula is C17H17NO4. The number of nitrogens with zero attached hydrogens (tertiary/aromatic N) is 1. The van der Waals surface area contributed by atoms with E-state index < -0.39 is 18.0 Å². The van der Waals surface area contributed by atoms with E-state index in [0.717, 1.165) is 11.1 Å². The summed E-state index contributed by atoms with van der Waals surface area (Å²) in [4.78, 5) is 28.1. The van der Waals surface area contributed by atoms with Gasteiger partial charge in [-0.3, -0.25) is 4.98 Å². The first kappa shape index (κ1) is 15.7. The standard InChI is InChI=1S/C17H17NO4/c1-11-7-12(2)9-14(8-11)16(19)22-15(17(20)21-3)13-5-4-6-18-10-13/h4-10,15H,1-3H3/t15-/m1/s1. The van der Waals surface area contributed by atoms with E-state index >= 15 is 0 Å². The lowest BCUT2D eigenvalue weighted by Gasteiger charge is -2.16. The first-order chi connectivity index (χ1) is 10.5. The number of benzene rings is 1. The number of carbonyl (C=O) groups is 2. The predicted octanol–water partition coefficient (Wildman–Crippen LogP) is 2.77. The Morgan fingerprint density at radius 3 is 2.36 bits per heavy atom. The van der Waals surface area contributed by atoms with Crippen LogP contribution in [-0.4, -0.2) is 24.0 Å². The summed E-state index contributed by atoms with van der Waals surface area (Å²) in [6.45, 7) is 3.78. The van der Waals surface area contributed by atoms with Crippen LogP contribution in [0.15, 0.2) is 42.7 Å². The zero-order chi connectivity index (χ0) is 16.1. The van der Waals surface area contributed by atoms with Crippen molar-refractivity contribution in [3.63, 3.8) is 0 Å². The topological polar surface area (TPSA) is 65.5 Å². The Morgan fingerprint density at radius 1 is 1.14 bits per heavy atom. The summed E-state index contributed by atoms with van der Waals surface area (Å²) < 4.78 is 10.0. The van der Waals surface area contributed by atoms with Crippen LogP contribution in [0.1, 0.15) is 33.2 Å². The number of rotatable bonds is 4. The predicted molar refractivity (Wildman–Crippen MR) is 80.3 cm³/mol. The molecule has 5 nitrogen and oxygen atoms in total. The molecule has 22 heavy (non-hydrogen) atoms. The molecule has 114 valence electrons. The Morgan fingerprint density at radius 2 is 1.82 bits per heavy atom. The normalized spacial score (nSPS) is 11.6. The molecule has 2 aromatic rings.